The summed E-state index contributed by atoms with van der Waals surface area (Å²) in [6.45, 7) is 3.13. The highest BCUT2D eigenvalue weighted by Crippen LogP contribution is 2.31. The molecule has 1 saturated heterocycles. The van der Waals surface area contributed by atoms with E-state index in [-0.39, 0.29) is 0 Å². The molecule has 2 rings (SSSR count). The highest BCUT2D eigenvalue weighted by molar-refractivity contribution is 5.16. The molecule has 1 atom stereocenters. The third-order valence-corrected chi connectivity index (χ3v) is 3.70. The fraction of sp³-hybridized carbons (Fsp3) is 0.615. The Morgan fingerprint density at radius 1 is 1.50 bits per heavy atom. The molecule has 1 aliphatic heterocycles. The van der Waals surface area contributed by atoms with Crippen molar-refractivity contribution >= 4 is 0 Å². The van der Waals surface area contributed by atoms with Gasteiger partial charge in [-0.05, 0) is 57.1 Å². The fourth-order valence-corrected chi connectivity index (χ4v) is 2.63. The van der Waals surface area contributed by atoms with E-state index in [0.717, 1.165) is 12.5 Å². The van der Waals surface area contributed by atoms with Gasteiger partial charge in [-0.25, -0.2) is 0 Å². The van der Waals surface area contributed by atoms with Crippen LogP contribution in [0.4, 0.5) is 0 Å². The quantitative estimate of drug-likeness (QED) is 0.837. The number of nitrogens with two attached hydrogens (primary N) is 1. The van der Waals surface area contributed by atoms with Crippen molar-refractivity contribution in [1.82, 2.24) is 9.88 Å². The zero-order chi connectivity index (χ0) is 11.4. The maximum absolute atomic E-state index is 5.93. The van der Waals surface area contributed by atoms with Crippen LogP contribution in [0.3, 0.4) is 0 Å². The van der Waals surface area contributed by atoms with Gasteiger partial charge < -0.3 is 10.6 Å². The van der Waals surface area contributed by atoms with Crippen molar-refractivity contribution in [3.63, 3.8) is 0 Å². The van der Waals surface area contributed by atoms with Crippen LogP contribution in [0.1, 0.15) is 24.3 Å². The molecule has 0 radical (unpaired) electrons. The average molecular weight is 219 g/mol. The van der Waals surface area contributed by atoms with Crippen molar-refractivity contribution in [1.29, 1.82) is 0 Å². The van der Waals surface area contributed by atoms with E-state index in [1.807, 2.05) is 18.5 Å². The minimum Gasteiger partial charge on any atom is -0.330 e. The van der Waals surface area contributed by atoms with Gasteiger partial charge in [0.25, 0.3) is 0 Å². The lowest BCUT2D eigenvalue weighted by atomic mass is 9.81. The average Bonchev–Trinajstić information content (AvgIpc) is 2.34. The van der Waals surface area contributed by atoms with Crippen molar-refractivity contribution in [3.8, 4) is 0 Å². The molecule has 1 aliphatic rings. The molecule has 3 nitrogen and oxygen atoms in total. The molecule has 0 aromatic carbocycles. The second-order valence-electron chi connectivity index (χ2n) is 4.77. The van der Waals surface area contributed by atoms with E-state index in [1.165, 1.54) is 31.5 Å². The van der Waals surface area contributed by atoms with Crippen LogP contribution in [0.2, 0.25) is 0 Å². The van der Waals surface area contributed by atoms with Crippen LogP contribution < -0.4 is 5.73 Å². The summed E-state index contributed by atoms with van der Waals surface area (Å²) in [6, 6.07) is 4.16. The SMILES string of the molecule is CN1CCC(C(CN)c2cccnc2)CC1. The Bertz CT molecular complexity index is 304. The predicted octanol–water partition coefficient (Wildman–Crippen LogP) is 1.47. The van der Waals surface area contributed by atoms with Crippen LogP contribution in [0, 0.1) is 5.92 Å². The van der Waals surface area contributed by atoms with E-state index in [9.17, 15) is 0 Å². The summed E-state index contributed by atoms with van der Waals surface area (Å²) in [7, 11) is 2.19. The Morgan fingerprint density at radius 3 is 2.81 bits per heavy atom. The van der Waals surface area contributed by atoms with E-state index >= 15 is 0 Å². The molecule has 2 N–H and O–H groups in total. The fourth-order valence-electron chi connectivity index (χ4n) is 2.63. The summed E-state index contributed by atoms with van der Waals surface area (Å²) in [5.41, 5.74) is 7.23. The molecule has 88 valence electrons. The largest absolute Gasteiger partial charge is 0.330 e. The molecule has 1 aromatic heterocycles. The second-order valence-corrected chi connectivity index (χ2v) is 4.77. The Hall–Kier alpha value is -0.930. The lowest BCUT2D eigenvalue weighted by Gasteiger charge is -2.33. The number of rotatable bonds is 3. The zero-order valence-corrected chi connectivity index (χ0v) is 9.97. The highest BCUT2D eigenvalue weighted by Gasteiger charge is 2.25. The van der Waals surface area contributed by atoms with Gasteiger partial charge in [-0.1, -0.05) is 6.07 Å². The Labute approximate surface area is 97.7 Å². The molecule has 2 heterocycles. The Morgan fingerprint density at radius 2 is 2.25 bits per heavy atom. The molecule has 16 heavy (non-hydrogen) atoms. The molecule has 0 saturated carbocycles. The number of likely N-dealkylation sites (tertiary alicyclic amines) is 1. The van der Waals surface area contributed by atoms with Crippen molar-refractivity contribution in [2.24, 2.45) is 11.7 Å². The molecule has 0 bridgehead atoms. The van der Waals surface area contributed by atoms with Gasteiger partial charge in [-0.2, -0.15) is 0 Å². The highest BCUT2D eigenvalue weighted by atomic mass is 15.1. The predicted molar refractivity (Wildman–Crippen MR) is 66.3 cm³/mol. The number of hydrogen-bond acceptors (Lipinski definition) is 3. The molecule has 1 aromatic rings. The number of nitrogens with zero attached hydrogens (tertiary/aromatic N) is 2. The maximum atomic E-state index is 5.93. The van der Waals surface area contributed by atoms with Gasteiger partial charge in [-0.3, -0.25) is 4.98 Å². The van der Waals surface area contributed by atoms with Gasteiger partial charge in [0.15, 0.2) is 0 Å². The summed E-state index contributed by atoms with van der Waals surface area (Å²) in [5.74, 6) is 1.22. The molecule has 3 heteroatoms. The normalized spacial score (nSPS) is 20.9. The van der Waals surface area contributed by atoms with Crippen molar-refractivity contribution in [3.05, 3.63) is 30.1 Å². The molecule has 1 unspecified atom stereocenters. The third kappa shape index (κ3) is 2.60. The monoisotopic (exact) mass is 219 g/mol. The van der Waals surface area contributed by atoms with Crippen molar-refractivity contribution in [2.45, 2.75) is 18.8 Å². The molecule has 1 fully saturated rings. The summed E-state index contributed by atoms with van der Waals surface area (Å²) in [6.07, 6.45) is 6.31. The number of aromatic nitrogens is 1. The van der Waals surface area contributed by atoms with Crippen LogP contribution in [0.25, 0.3) is 0 Å². The molecule has 0 aliphatic carbocycles. The third-order valence-electron chi connectivity index (χ3n) is 3.70. The van der Waals surface area contributed by atoms with Crippen LogP contribution in [-0.2, 0) is 0 Å². The number of piperidine rings is 1. The van der Waals surface area contributed by atoms with Gasteiger partial charge in [0.2, 0.25) is 0 Å². The van der Waals surface area contributed by atoms with Crippen molar-refractivity contribution in [2.75, 3.05) is 26.7 Å². The number of hydrogen-bond donors (Lipinski definition) is 1. The molecular formula is C13H21N3. The molecular weight excluding hydrogens is 198 g/mol. The molecule has 0 spiro atoms. The zero-order valence-electron chi connectivity index (χ0n) is 9.97. The lowest BCUT2D eigenvalue weighted by Crippen LogP contribution is -2.34. The van der Waals surface area contributed by atoms with E-state index in [2.05, 4.69) is 23.0 Å². The minimum absolute atomic E-state index is 0.488. The van der Waals surface area contributed by atoms with Crippen LogP contribution >= 0.6 is 0 Å². The van der Waals surface area contributed by atoms with Crippen LogP contribution in [-0.4, -0.2) is 36.6 Å². The summed E-state index contributed by atoms with van der Waals surface area (Å²) < 4.78 is 0. The van der Waals surface area contributed by atoms with E-state index in [4.69, 9.17) is 5.73 Å². The van der Waals surface area contributed by atoms with E-state index < -0.39 is 0 Å². The molecule has 0 amide bonds. The summed E-state index contributed by atoms with van der Waals surface area (Å²) in [4.78, 5) is 6.59. The van der Waals surface area contributed by atoms with E-state index in [0.29, 0.717) is 5.92 Å². The van der Waals surface area contributed by atoms with Gasteiger partial charge in [0.05, 0.1) is 0 Å². The minimum atomic E-state index is 0.488. The summed E-state index contributed by atoms with van der Waals surface area (Å²) >= 11 is 0. The Balaban J connectivity index is 2.05. The first kappa shape index (κ1) is 11.6. The van der Waals surface area contributed by atoms with Gasteiger partial charge in [-0.15, -0.1) is 0 Å². The van der Waals surface area contributed by atoms with Gasteiger partial charge >= 0.3 is 0 Å². The maximum Gasteiger partial charge on any atom is 0.0303 e. The van der Waals surface area contributed by atoms with Gasteiger partial charge in [0.1, 0.15) is 0 Å². The van der Waals surface area contributed by atoms with Crippen molar-refractivity contribution < 1.29 is 0 Å². The van der Waals surface area contributed by atoms with Crippen LogP contribution in [0.15, 0.2) is 24.5 Å². The number of pyridine rings is 1. The van der Waals surface area contributed by atoms with Gasteiger partial charge in [0, 0.05) is 18.3 Å². The van der Waals surface area contributed by atoms with E-state index in [1.54, 1.807) is 0 Å². The first-order valence-electron chi connectivity index (χ1n) is 6.10. The summed E-state index contributed by atoms with van der Waals surface area (Å²) in [5, 5.41) is 0. The second kappa shape index (κ2) is 5.41. The topological polar surface area (TPSA) is 42.1 Å². The lowest BCUT2D eigenvalue weighted by molar-refractivity contribution is 0.199. The Kier molecular flexibility index (Phi) is 3.91. The smallest absolute Gasteiger partial charge is 0.0303 e. The van der Waals surface area contributed by atoms with Crippen LogP contribution in [0.5, 0.6) is 0 Å². The first-order valence-corrected chi connectivity index (χ1v) is 6.10. The first-order chi connectivity index (χ1) is 7.81. The standard InChI is InChI=1S/C13H21N3/c1-16-7-4-11(5-8-16)13(9-14)12-3-2-6-15-10-12/h2-3,6,10-11,13H,4-5,7-9,14H2,1H3.